The lowest BCUT2D eigenvalue weighted by Crippen LogP contribution is -2.01. The summed E-state index contributed by atoms with van der Waals surface area (Å²) >= 11 is 0. The average Bonchev–Trinajstić information content (AvgIpc) is 2.86. The number of hydrogen-bond acceptors (Lipinski definition) is 4. The maximum absolute atomic E-state index is 8.99. The summed E-state index contributed by atoms with van der Waals surface area (Å²) in [6, 6.07) is 7.71. The van der Waals surface area contributed by atoms with Crippen LogP contribution in [0.15, 0.2) is 36.8 Å². The van der Waals surface area contributed by atoms with Gasteiger partial charge in [0.15, 0.2) is 5.82 Å². The van der Waals surface area contributed by atoms with E-state index in [-0.39, 0.29) is 0 Å². The molecule has 0 N–H and O–H groups in total. The van der Waals surface area contributed by atoms with Gasteiger partial charge >= 0.3 is 0 Å². The van der Waals surface area contributed by atoms with Gasteiger partial charge in [-0.25, -0.2) is 9.97 Å². The molecule has 0 radical (unpaired) electrons. The van der Waals surface area contributed by atoms with Crippen LogP contribution >= 0.6 is 0 Å². The fourth-order valence-electron chi connectivity index (χ4n) is 2.26. The Kier molecular flexibility index (Phi) is 3.13. The van der Waals surface area contributed by atoms with Gasteiger partial charge < -0.3 is 4.57 Å². The molecule has 20 heavy (non-hydrogen) atoms. The van der Waals surface area contributed by atoms with Gasteiger partial charge in [0.1, 0.15) is 5.69 Å². The number of imidazole rings is 1. The predicted molar refractivity (Wildman–Crippen MR) is 75.8 cm³/mol. The number of fused-ring (bicyclic) bond motifs is 1. The molecular formula is C15H13N5. The van der Waals surface area contributed by atoms with Crippen molar-refractivity contribution in [2.45, 2.75) is 19.9 Å². The molecule has 0 bridgehead atoms. The Morgan fingerprint density at radius 3 is 2.90 bits per heavy atom. The first-order valence-electron chi connectivity index (χ1n) is 6.50. The van der Waals surface area contributed by atoms with Crippen molar-refractivity contribution in [3.05, 3.63) is 42.4 Å². The summed E-state index contributed by atoms with van der Waals surface area (Å²) in [5, 5.41) is 8.99. The molecule has 0 aliphatic carbocycles. The van der Waals surface area contributed by atoms with Crippen LogP contribution in [0, 0.1) is 11.3 Å². The van der Waals surface area contributed by atoms with Crippen LogP contribution in [0.2, 0.25) is 0 Å². The van der Waals surface area contributed by atoms with Crippen molar-refractivity contribution in [1.82, 2.24) is 19.5 Å². The number of rotatable bonds is 3. The summed E-state index contributed by atoms with van der Waals surface area (Å²) in [7, 11) is 0. The average molecular weight is 263 g/mol. The standard InChI is InChI=1S/C15H13N5/c1-2-7-20-14-4-3-11(9-16)8-12(14)19-15(20)13-10-17-5-6-18-13/h3-6,8,10H,2,7H2,1H3. The van der Waals surface area contributed by atoms with Crippen molar-refractivity contribution < 1.29 is 0 Å². The number of nitrogens with zero attached hydrogens (tertiary/aromatic N) is 5. The predicted octanol–water partition coefficient (Wildman–Crippen LogP) is 2.77. The van der Waals surface area contributed by atoms with Crippen LogP contribution in [0.3, 0.4) is 0 Å². The fourth-order valence-corrected chi connectivity index (χ4v) is 2.26. The highest BCUT2D eigenvalue weighted by Crippen LogP contribution is 2.24. The first-order valence-corrected chi connectivity index (χ1v) is 6.50. The van der Waals surface area contributed by atoms with Gasteiger partial charge in [-0.15, -0.1) is 0 Å². The van der Waals surface area contributed by atoms with Gasteiger partial charge in [0, 0.05) is 18.9 Å². The summed E-state index contributed by atoms with van der Waals surface area (Å²) in [5.41, 5.74) is 3.20. The van der Waals surface area contributed by atoms with Crippen LogP contribution in [0.25, 0.3) is 22.6 Å². The van der Waals surface area contributed by atoms with E-state index in [0.717, 1.165) is 35.5 Å². The Morgan fingerprint density at radius 1 is 1.30 bits per heavy atom. The van der Waals surface area contributed by atoms with Gasteiger partial charge in [0.2, 0.25) is 0 Å². The maximum Gasteiger partial charge on any atom is 0.161 e. The molecule has 0 fully saturated rings. The van der Waals surface area contributed by atoms with Crippen LogP contribution in [0.4, 0.5) is 0 Å². The summed E-state index contributed by atoms with van der Waals surface area (Å²) in [6.07, 6.45) is 6.01. The molecule has 0 aliphatic rings. The second-order valence-corrected chi connectivity index (χ2v) is 4.49. The van der Waals surface area contributed by atoms with Gasteiger partial charge in [-0.3, -0.25) is 4.98 Å². The first-order chi connectivity index (χ1) is 9.83. The molecular weight excluding hydrogens is 250 g/mol. The second-order valence-electron chi connectivity index (χ2n) is 4.49. The fraction of sp³-hybridized carbons (Fsp3) is 0.200. The van der Waals surface area contributed by atoms with E-state index in [0.29, 0.717) is 5.56 Å². The molecule has 2 heterocycles. The molecule has 3 rings (SSSR count). The van der Waals surface area contributed by atoms with E-state index in [9.17, 15) is 0 Å². The molecule has 0 aliphatic heterocycles. The van der Waals surface area contributed by atoms with Gasteiger partial charge in [-0.1, -0.05) is 6.92 Å². The van der Waals surface area contributed by atoms with Crippen molar-refractivity contribution in [3.63, 3.8) is 0 Å². The Labute approximate surface area is 116 Å². The topological polar surface area (TPSA) is 67.4 Å². The lowest BCUT2D eigenvalue weighted by Gasteiger charge is -2.06. The van der Waals surface area contributed by atoms with Crippen molar-refractivity contribution in [2.24, 2.45) is 0 Å². The molecule has 0 spiro atoms. The molecule has 0 amide bonds. The number of nitriles is 1. The van der Waals surface area contributed by atoms with E-state index in [1.165, 1.54) is 0 Å². The number of aryl methyl sites for hydroxylation is 1. The Bertz CT molecular complexity index is 783. The molecule has 0 unspecified atom stereocenters. The van der Waals surface area contributed by atoms with Gasteiger partial charge in [0.05, 0.1) is 28.9 Å². The lowest BCUT2D eigenvalue weighted by molar-refractivity contribution is 0.702. The maximum atomic E-state index is 8.99. The molecule has 0 saturated heterocycles. The molecule has 0 saturated carbocycles. The van der Waals surface area contributed by atoms with Crippen LogP contribution in [0.5, 0.6) is 0 Å². The van der Waals surface area contributed by atoms with Crippen molar-refractivity contribution in [1.29, 1.82) is 5.26 Å². The van der Waals surface area contributed by atoms with E-state index in [4.69, 9.17) is 5.26 Å². The Balaban J connectivity index is 2.26. The van der Waals surface area contributed by atoms with Crippen molar-refractivity contribution >= 4 is 11.0 Å². The van der Waals surface area contributed by atoms with Crippen LogP contribution in [-0.2, 0) is 6.54 Å². The number of benzene rings is 1. The van der Waals surface area contributed by atoms with Crippen LogP contribution < -0.4 is 0 Å². The van der Waals surface area contributed by atoms with E-state index < -0.39 is 0 Å². The summed E-state index contributed by atoms with van der Waals surface area (Å²) in [5.74, 6) is 0.796. The zero-order chi connectivity index (χ0) is 13.9. The molecule has 2 aromatic heterocycles. The molecule has 0 atom stereocenters. The highest BCUT2D eigenvalue weighted by atomic mass is 15.1. The smallest absolute Gasteiger partial charge is 0.161 e. The van der Waals surface area contributed by atoms with Crippen molar-refractivity contribution in [2.75, 3.05) is 0 Å². The Morgan fingerprint density at radius 2 is 2.20 bits per heavy atom. The second kappa shape index (κ2) is 5.10. The van der Waals surface area contributed by atoms with E-state index in [2.05, 4.69) is 32.5 Å². The highest BCUT2D eigenvalue weighted by Gasteiger charge is 2.13. The zero-order valence-corrected chi connectivity index (χ0v) is 11.1. The summed E-state index contributed by atoms with van der Waals surface area (Å²) in [6.45, 7) is 2.98. The largest absolute Gasteiger partial charge is 0.323 e. The molecule has 5 heteroatoms. The quantitative estimate of drug-likeness (QED) is 0.728. The van der Waals surface area contributed by atoms with E-state index in [1.54, 1.807) is 24.7 Å². The van der Waals surface area contributed by atoms with Crippen LogP contribution in [-0.4, -0.2) is 19.5 Å². The molecule has 1 aromatic carbocycles. The molecule has 98 valence electrons. The van der Waals surface area contributed by atoms with Gasteiger partial charge in [-0.2, -0.15) is 5.26 Å². The molecule has 3 aromatic rings. The van der Waals surface area contributed by atoms with Crippen LogP contribution in [0.1, 0.15) is 18.9 Å². The summed E-state index contributed by atoms with van der Waals surface area (Å²) in [4.78, 5) is 13.0. The third-order valence-corrected chi connectivity index (χ3v) is 3.12. The minimum Gasteiger partial charge on any atom is -0.323 e. The minimum absolute atomic E-state index is 0.615. The molecule has 5 nitrogen and oxygen atoms in total. The first kappa shape index (κ1) is 12.3. The van der Waals surface area contributed by atoms with Gasteiger partial charge in [-0.05, 0) is 24.6 Å². The third-order valence-electron chi connectivity index (χ3n) is 3.12. The van der Waals surface area contributed by atoms with E-state index >= 15 is 0 Å². The minimum atomic E-state index is 0.615. The third kappa shape index (κ3) is 2.01. The number of aromatic nitrogens is 4. The zero-order valence-electron chi connectivity index (χ0n) is 11.1. The normalized spacial score (nSPS) is 10.6. The summed E-state index contributed by atoms with van der Waals surface area (Å²) < 4.78 is 2.13. The van der Waals surface area contributed by atoms with Crippen molar-refractivity contribution in [3.8, 4) is 17.6 Å². The van der Waals surface area contributed by atoms with E-state index in [1.807, 2.05) is 12.1 Å². The van der Waals surface area contributed by atoms with Gasteiger partial charge in [0.25, 0.3) is 0 Å². The number of hydrogen-bond donors (Lipinski definition) is 0. The Hall–Kier alpha value is -2.74. The SMILES string of the molecule is CCCn1c(-c2cnccn2)nc2cc(C#N)ccc21. The monoisotopic (exact) mass is 263 g/mol. The highest BCUT2D eigenvalue weighted by molar-refractivity contribution is 5.81. The lowest BCUT2D eigenvalue weighted by atomic mass is 10.2.